The first-order valence-electron chi connectivity index (χ1n) is 6.43. The minimum absolute atomic E-state index is 0.142. The molecule has 1 saturated carbocycles. The van der Waals surface area contributed by atoms with Crippen molar-refractivity contribution >= 4 is 11.8 Å². The first kappa shape index (κ1) is 12.4. The highest BCUT2D eigenvalue weighted by Gasteiger charge is 2.35. The number of carbonyl (C=O) groups is 2. The van der Waals surface area contributed by atoms with E-state index in [0.717, 1.165) is 38.8 Å². The minimum Gasteiger partial charge on any atom is -0.343 e. The molecule has 2 fully saturated rings. The summed E-state index contributed by atoms with van der Waals surface area (Å²) in [7, 11) is 0. The van der Waals surface area contributed by atoms with Crippen molar-refractivity contribution in [2.75, 3.05) is 26.2 Å². The molecule has 0 aromatic heterocycles. The normalized spacial score (nSPS) is 23.5. The lowest BCUT2D eigenvalue weighted by Crippen LogP contribution is -2.55. The molecule has 5 heteroatoms. The Labute approximate surface area is 102 Å². The molecule has 2 amide bonds. The summed E-state index contributed by atoms with van der Waals surface area (Å²) in [6, 6.07) is 0. The Morgan fingerprint density at radius 2 is 1.94 bits per heavy atom. The monoisotopic (exact) mass is 239 g/mol. The van der Waals surface area contributed by atoms with Gasteiger partial charge in [0.15, 0.2) is 0 Å². The summed E-state index contributed by atoms with van der Waals surface area (Å²) in [5.41, 5.74) is -0.142. The third-order valence-electron chi connectivity index (χ3n) is 3.69. The van der Waals surface area contributed by atoms with E-state index in [1.807, 2.05) is 6.92 Å². The lowest BCUT2D eigenvalue weighted by atomic mass is 9.78. The Kier molecular flexibility index (Phi) is 3.66. The van der Waals surface area contributed by atoms with Crippen molar-refractivity contribution in [3.8, 4) is 0 Å². The molecule has 1 aliphatic heterocycles. The van der Waals surface area contributed by atoms with Gasteiger partial charge in [0, 0.05) is 25.2 Å². The van der Waals surface area contributed by atoms with Gasteiger partial charge in [0.25, 0.3) is 0 Å². The first-order valence-corrected chi connectivity index (χ1v) is 6.43. The smallest absolute Gasteiger partial charge is 0.311 e. The van der Waals surface area contributed by atoms with Gasteiger partial charge in [-0.05, 0) is 39.2 Å². The molecule has 2 aliphatic rings. The van der Waals surface area contributed by atoms with Crippen LogP contribution in [0.5, 0.6) is 0 Å². The predicted molar refractivity (Wildman–Crippen MR) is 64.5 cm³/mol. The topological polar surface area (TPSA) is 61.4 Å². The maximum absolute atomic E-state index is 12.0. The average Bonchev–Trinajstić information content (AvgIpc) is 2.54. The van der Waals surface area contributed by atoms with Crippen LogP contribution in [0.1, 0.15) is 32.6 Å². The molecule has 1 heterocycles. The number of nitrogens with one attached hydrogen (secondary N) is 2. The van der Waals surface area contributed by atoms with E-state index in [2.05, 4.69) is 10.6 Å². The Bertz CT molecular complexity index is 305. The fourth-order valence-corrected chi connectivity index (χ4v) is 2.35. The molecule has 2 N–H and O–H groups in total. The molecule has 17 heavy (non-hydrogen) atoms. The van der Waals surface area contributed by atoms with Crippen LogP contribution >= 0.6 is 0 Å². The Balaban J connectivity index is 1.87. The van der Waals surface area contributed by atoms with Gasteiger partial charge in [0.1, 0.15) is 0 Å². The van der Waals surface area contributed by atoms with E-state index in [1.165, 1.54) is 0 Å². The van der Waals surface area contributed by atoms with Gasteiger partial charge in [-0.3, -0.25) is 9.59 Å². The molecular formula is C12H21N3O2. The van der Waals surface area contributed by atoms with Crippen LogP contribution in [0.15, 0.2) is 0 Å². The van der Waals surface area contributed by atoms with Crippen LogP contribution < -0.4 is 10.6 Å². The fraction of sp³-hybridized carbons (Fsp3) is 0.833. The van der Waals surface area contributed by atoms with Gasteiger partial charge in [0.05, 0.1) is 0 Å². The maximum atomic E-state index is 12.0. The van der Waals surface area contributed by atoms with Crippen molar-refractivity contribution in [2.45, 2.75) is 38.1 Å². The van der Waals surface area contributed by atoms with Crippen molar-refractivity contribution in [1.82, 2.24) is 15.5 Å². The van der Waals surface area contributed by atoms with E-state index in [9.17, 15) is 9.59 Å². The molecule has 2 rings (SSSR count). The number of hydrogen-bond acceptors (Lipinski definition) is 3. The fourth-order valence-electron chi connectivity index (χ4n) is 2.35. The van der Waals surface area contributed by atoms with Gasteiger partial charge in [-0.15, -0.1) is 0 Å². The van der Waals surface area contributed by atoms with Gasteiger partial charge in [-0.1, -0.05) is 0 Å². The number of nitrogens with zero attached hydrogens (tertiary/aromatic N) is 1. The van der Waals surface area contributed by atoms with Crippen molar-refractivity contribution in [2.24, 2.45) is 0 Å². The molecule has 0 spiro atoms. The number of amides is 2. The van der Waals surface area contributed by atoms with E-state index >= 15 is 0 Å². The van der Waals surface area contributed by atoms with Gasteiger partial charge < -0.3 is 15.5 Å². The standard InChI is InChI=1S/C12H21N3O2/c1-12(4-2-5-12)14-10(16)11(17)15-8-3-6-13-7-9-15/h13H,2-9H2,1H3,(H,14,16). The summed E-state index contributed by atoms with van der Waals surface area (Å²) in [5.74, 6) is -0.809. The highest BCUT2D eigenvalue weighted by Crippen LogP contribution is 2.30. The van der Waals surface area contributed by atoms with Crippen LogP contribution in [-0.4, -0.2) is 48.4 Å². The molecule has 0 aromatic rings. The van der Waals surface area contributed by atoms with Crippen LogP contribution in [-0.2, 0) is 9.59 Å². The third-order valence-corrected chi connectivity index (χ3v) is 3.69. The van der Waals surface area contributed by atoms with Gasteiger partial charge in [0.2, 0.25) is 0 Å². The molecule has 0 radical (unpaired) electrons. The molecule has 0 atom stereocenters. The zero-order valence-electron chi connectivity index (χ0n) is 10.4. The molecular weight excluding hydrogens is 218 g/mol. The lowest BCUT2D eigenvalue weighted by Gasteiger charge is -2.39. The van der Waals surface area contributed by atoms with E-state index in [4.69, 9.17) is 0 Å². The second-order valence-corrected chi connectivity index (χ2v) is 5.26. The van der Waals surface area contributed by atoms with E-state index in [0.29, 0.717) is 13.1 Å². The second-order valence-electron chi connectivity index (χ2n) is 5.26. The summed E-state index contributed by atoms with van der Waals surface area (Å²) in [6.07, 6.45) is 4.01. The van der Waals surface area contributed by atoms with Crippen LogP contribution in [0.25, 0.3) is 0 Å². The molecule has 1 saturated heterocycles. The SMILES string of the molecule is CC1(NC(=O)C(=O)N2CCCNCC2)CCC1. The molecule has 1 aliphatic carbocycles. The largest absolute Gasteiger partial charge is 0.343 e. The summed E-state index contributed by atoms with van der Waals surface area (Å²) >= 11 is 0. The van der Waals surface area contributed by atoms with Crippen molar-refractivity contribution < 1.29 is 9.59 Å². The maximum Gasteiger partial charge on any atom is 0.311 e. The minimum atomic E-state index is -0.436. The first-order chi connectivity index (χ1) is 8.11. The molecule has 0 unspecified atom stereocenters. The van der Waals surface area contributed by atoms with Crippen LogP contribution in [0.2, 0.25) is 0 Å². The van der Waals surface area contributed by atoms with Crippen LogP contribution in [0.4, 0.5) is 0 Å². The van der Waals surface area contributed by atoms with Crippen molar-refractivity contribution in [1.29, 1.82) is 0 Å². The Morgan fingerprint density at radius 3 is 2.59 bits per heavy atom. The zero-order chi connectivity index (χ0) is 12.3. The van der Waals surface area contributed by atoms with E-state index < -0.39 is 5.91 Å². The van der Waals surface area contributed by atoms with Crippen LogP contribution in [0.3, 0.4) is 0 Å². The van der Waals surface area contributed by atoms with Crippen LogP contribution in [0, 0.1) is 0 Å². The second kappa shape index (κ2) is 5.04. The third kappa shape index (κ3) is 2.97. The zero-order valence-corrected chi connectivity index (χ0v) is 10.4. The summed E-state index contributed by atoms with van der Waals surface area (Å²) in [4.78, 5) is 25.4. The Hall–Kier alpha value is -1.10. The number of hydrogen-bond donors (Lipinski definition) is 2. The van der Waals surface area contributed by atoms with Crippen molar-refractivity contribution in [3.63, 3.8) is 0 Å². The molecule has 0 bridgehead atoms. The molecule has 5 nitrogen and oxygen atoms in total. The van der Waals surface area contributed by atoms with E-state index in [1.54, 1.807) is 4.90 Å². The summed E-state index contributed by atoms with van der Waals surface area (Å²) in [6.45, 7) is 5.00. The summed E-state index contributed by atoms with van der Waals surface area (Å²) < 4.78 is 0. The van der Waals surface area contributed by atoms with Gasteiger partial charge in [-0.25, -0.2) is 0 Å². The van der Waals surface area contributed by atoms with E-state index in [-0.39, 0.29) is 11.4 Å². The number of carbonyl (C=O) groups excluding carboxylic acids is 2. The van der Waals surface area contributed by atoms with Crippen molar-refractivity contribution in [3.05, 3.63) is 0 Å². The highest BCUT2D eigenvalue weighted by atomic mass is 16.2. The average molecular weight is 239 g/mol. The van der Waals surface area contributed by atoms with Gasteiger partial charge >= 0.3 is 11.8 Å². The Morgan fingerprint density at radius 1 is 1.18 bits per heavy atom. The highest BCUT2D eigenvalue weighted by molar-refractivity contribution is 6.35. The predicted octanol–water partition coefficient (Wildman–Crippen LogP) is -0.133. The quantitative estimate of drug-likeness (QED) is 0.626. The summed E-state index contributed by atoms with van der Waals surface area (Å²) in [5, 5.41) is 6.08. The lowest BCUT2D eigenvalue weighted by molar-refractivity contribution is -0.147. The molecule has 96 valence electrons. The molecule has 0 aromatic carbocycles. The van der Waals surface area contributed by atoms with Gasteiger partial charge in [-0.2, -0.15) is 0 Å². The number of rotatable bonds is 1.